The van der Waals surface area contributed by atoms with Gasteiger partial charge in [-0.25, -0.2) is 4.98 Å². The average molecular weight is 317 g/mol. The van der Waals surface area contributed by atoms with E-state index < -0.39 is 0 Å². The van der Waals surface area contributed by atoms with Crippen molar-refractivity contribution in [1.29, 1.82) is 0 Å². The zero-order valence-electron chi connectivity index (χ0n) is 13.4. The molecule has 0 unspecified atom stereocenters. The van der Waals surface area contributed by atoms with Crippen LogP contribution in [0, 0.1) is 0 Å². The van der Waals surface area contributed by atoms with Crippen LogP contribution in [0.4, 0.5) is 0 Å². The van der Waals surface area contributed by atoms with Gasteiger partial charge >= 0.3 is 0 Å². The molecule has 0 saturated heterocycles. The maximum Gasteiger partial charge on any atom is 0.261 e. The highest BCUT2D eigenvalue weighted by Crippen LogP contribution is 2.20. The van der Waals surface area contributed by atoms with Gasteiger partial charge in [-0.05, 0) is 35.2 Å². The highest BCUT2D eigenvalue weighted by molar-refractivity contribution is 5.61. The van der Waals surface area contributed by atoms with Gasteiger partial charge < -0.3 is 5.32 Å². The molecule has 2 heterocycles. The van der Waals surface area contributed by atoms with E-state index in [1.165, 1.54) is 16.7 Å². The molecule has 1 aromatic heterocycles. The van der Waals surface area contributed by atoms with Crippen LogP contribution in [0.15, 0.2) is 65.8 Å². The molecule has 4 rings (SSSR count). The van der Waals surface area contributed by atoms with Crippen molar-refractivity contribution in [3.05, 3.63) is 88.1 Å². The van der Waals surface area contributed by atoms with Crippen LogP contribution >= 0.6 is 0 Å². The predicted molar refractivity (Wildman–Crippen MR) is 94.9 cm³/mol. The van der Waals surface area contributed by atoms with Crippen molar-refractivity contribution < 1.29 is 0 Å². The van der Waals surface area contributed by atoms with Crippen molar-refractivity contribution in [3.63, 3.8) is 0 Å². The molecule has 0 aliphatic carbocycles. The summed E-state index contributed by atoms with van der Waals surface area (Å²) in [5.74, 6) is 0. The Kier molecular flexibility index (Phi) is 3.97. The SMILES string of the molecule is O=c1c(-c2ccccc2)cncn1Cc1cccc2c1CCNC2. The Labute approximate surface area is 140 Å². The summed E-state index contributed by atoms with van der Waals surface area (Å²) in [7, 11) is 0. The maximum atomic E-state index is 12.9. The molecule has 0 saturated carbocycles. The summed E-state index contributed by atoms with van der Waals surface area (Å²) in [4.78, 5) is 17.1. The molecule has 3 aromatic rings. The van der Waals surface area contributed by atoms with Gasteiger partial charge in [-0.3, -0.25) is 9.36 Å². The third-order valence-corrected chi connectivity index (χ3v) is 4.56. The van der Waals surface area contributed by atoms with E-state index in [0.29, 0.717) is 12.1 Å². The number of benzene rings is 2. The fourth-order valence-electron chi connectivity index (χ4n) is 3.32. The summed E-state index contributed by atoms with van der Waals surface area (Å²) in [5.41, 5.74) is 5.46. The van der Waals surface area contributed by atoms with Crippen LogP contribution in [-0.4, -0.2) is 16.1 Å². The molecule has 24 heavy (non-hydrogen) atoms. The summed E-state index contributed by atoms with van der Waals surface area (Å²) in [6.45, 7) is 2.46. The van der Waals surface area contributed by atoms with Gasteiger partial charge in [-0.2, -0.15) is 0 Å². The number of rotatable bonds is 3. The fraction of sp³-hybridized carbons (Fsp3) is 0.200. The predicted octanol–water partition coefficient (Wildman–Crippen LogP) is 2.60. The van der Waals surface area contributed by atoms with Crippen molar-refractivity contribution in [2.24, 2.45) is 0 Å². The van der Waals surface area contributed by atoms with Gasteiger partial charge in [0.2, 0.25) is 0 Å². The lowest BCUT2D eigenvalue weighted by Crippen LogP contribution is -2.27. The average Bonchev–Trinajstić information content (AvgIpc) is 2.64. The molecule has 0 bridgehead atoms. The standard InChI is InChI=1S/C20H19N3O/c24-20-19(15-5-2-1-3-6-15)12-22-14-23(20)13-17-8-4-7-16-11-21-10-9-18(16)17/h1-8,12,14,21H,9-11,13H2. The number of hydrogen-bond donors (Lipinski definition) is 1. The molecular formula is C20H19N3O. The Morgan fingerprint density at radius 3 is 2.83 bits per heavy atom. The molecule has 0 spiro atoms. The molecule has 4 nitrogen and oxygen atoms in total. The van der Waals surface area contributed by atoms with Crippen LogP contribution in [0.1, 0.15) is 16.7 Å². The summed E-state index contributed by atoms with van der Waals surface area (Å²) in [6.07, 6.45) is 4.29. The van der Waals surface area contributed by atoms with Gasteiger partial charge in [0.25, 0.3) is 5.56 Å². The van der Waals surface area contributed by atoms with Gasteiger partial charge in [-0.15, -0.1) is 0 Å². The van der Waals surface area contributed by atoms with E-state index in [1.54, 1.807) is 17.1 Å². The Hall–Kier alpha value is -2.72. The molecule has 1 N–H and O–H groups in total. The second kappa shape index (κ2) is 6.42. The molecule has 4 heteroatoms. The lowest BCUT2D eigenvalue weighted by molar-refractivity contribution is 0.631. The molecule has 0 atom stereocenters. The summed E-state index contributed by atoms with van der Waals surface area (Å²) < 4.78 is 1.71. The first-order valence-corrected chi connectivity index (χ1v) is 8.23. The second-order valence-corrected chi connectivity index (χ2v) is 6.09. The van der Waals surface area contributed by atoms with E-state index in [9.17, 15) is 4.79 Å². The third-order valence-electron chi connectivity index (χ3n) is 4.56. The van der Waals surface area contributed by atoms with E-state index in [2.05, 4.69) is 28.5 Å². The third kappa shape index (κ3) is 2.76. The van der Waals surface area contributed by atoms with Gasteiger partial charge in [-0.1, -0.05) is 48.5 Å². The molecule has 120 valence electrons. The zero-order valence-corrected chi connectivity index (χ0v) is 13.4. The largest absolute Gasteiger partial charge is 0.312 e. The highest BCUT2D eigenvalue weighted by atomic mass is 16.1. The van der Waals surface area contributed by atoms with Crippen LogP contribution < -0.4 is 10.9 Å². The van der Waals surface area contributed by atoms with Crippen molar-refractivity contribution >= 4 is 0 Å². The lowest BCUT2D eigenvalue weighted by Gasteiger charge is -2.20. The highest BCUT2D eigenvalue weighted by Gasteiger charge is 2.14. The first-order valence-electron chi connectivity index (χ1n) is 8.23. The van der Waals surface area contributed by atoms with Crippen molar-refractivity contribution in [2.75, 3.05) is 6.54 Å². The van der Waals surface area contributed by atoms with Crippen molar-refractivity contribution in [1.82, 2.24) is 14.9 Å². The summed E-state index contributed by atoms with van der Waals surface area (Å²) in [5, 5.41) is 3.39. The van der Waals surface area contributed by atoms with Crippen LogP contribution in [0.25, 0.3) is 11.1 Å². The van der Waals surface area contributed by atoms with Crippen LogP contribution in [-0.2, 0) is 19.5 Å². The molecule has 2 aromatic carbocycles. The first kappa shape index (κ1) is 14.8. The van der Waals surface area contributed by atoms with Crippen LogP contribution in [0.2, 0.25) is 0 Å². The minimum absolute atomic E-state index is 0.00253. The molecule has 1 aliphatic heterocycles. The Morgan fingerprint density at radius 2 is 1.96 bits per heavy atom. The van der Waals surface area contributed by atoms with Crippen LogP contribution in [0.5, 0.6) is 0 Å². The monoisotopic (exact) mass is 317 g/mol. The van der Waals surface area contributed by atoms with E-state index in [0.717, 1.165) is 25.1 Å². The summed E-state index contributed by atoms with van der Waals surface area (Å²) in [6, 6.07) is 16.1. The maximum absolute atomic E-state index is 12.9. The number of fused-ring (bicyclic) bond motifs is 1. The molecule has 0 amide bonds. The van der Waals surface area contributed by atoms with E-state index in [4.69, 9.17) is 0 Å². The van der Waals surface area contributed by atoms with Gasteiger partial charge in [0, 0.05) is 12.7 Å². The fourth-order valence-corrected chi connectivity index (χ4v) is 3.32. The minimum atomic E-state index is 0.00253. The Morgan fingerprint density at radius 1 is 1.08 bits per heavy atom. The molecule has 0 radical (unpaired) electrons. The molecule has 0 fully saturated rings. The number of nitrogens with one attached hydrogen (secondary N) is 1. The van der Waals surface area contributed by atoms with E-state index in [1.807, 2.05) is 30.3 Å². The van der Waals surface area contributed by atoms with Gasteiger partial charge in [0.05, 0.1) is 18.4 Å². The first-order chi connectivity index (χ1) is 11.8. The van der Waals surface area contributed by atoms with E-state index in [-0.39, 0.29) is 5.56 Å². The second-order valence-electron chi connectivity index (χ2n) is 6.09. The topological polar surface area (TPSA) is 46.9 Å². The summed E-state index contributed by atoms with van der Waals surface area (Å²) >= 11 is 0. The lowest BCUT2D eigenvalue weighted by atomic mass is 9.95. The van der Waals surface area contributed by atoms with Crippen molar-refractivity contribution in [3.8, 4) is 11.1 Å². The Bertz CT molecular complexity index is 916. The number of nitrogens with zero attached hydrogens (tertiary/aromatic N) is 2. The van der Waals surface area contributed by atoms with Crippen molar-refractivity contribution in [2.45, 2.75) is 19.5 Å². The number of aromatic nitrogens is 2. The van der Waals surface area contributed by atoms with Gasteiger partial charge in [0.1, 0.15) is 0 Å². The minimum Gasteiger partial charge on any atom is -0.312 e. The quantitative estimate of drug-likeness (QED) is 0.808. The number of hydrogen-bond acceptors (Lipinski definition) is 3. The Balaban J connectivity index is 1.73. The van der Waals surface area contributed by atoms with Crippen LogP contribution in [0.3, 0.4) is 0 Å². The van der Waals surface area contributed by atoms with E-state index >= 15 is 0 Å². The molecular weight excluding hydrogens is 298 g/mol. The molecule has 1 aliphatic rings. The smallest absolute Gasteiger partial charge is 0.261 e. The normalized spacial score (nSPS) is 13.5. The zero-order chi connectivity index (χ0) is 16.4. The van der Waals surface area contributed by atoms with Gasteiger partial charge in [0.15, 0.2) is 0 Å².